The predicted octanol–water partition coefficient (Wildman–Crippen LogP) is 5.72. The van der Waals surface area contributed by atoms with Crippen molar-refractivity contribution < 1.29 is 9.94 Å². The molecule has 1 aliphatic rings. The Hall–Kier alpha value is -3.33. The molecule has 1 aliphatic heterocycles. The van der Waals surface area contributed by atoms with Gasteiger partial charge in [-0.05, 0) is 79.7 Å². The molecule has 1 aromatic heterocycles. The molecule has 0 radical (unpaired) electrons. The van der Waals surface area contributed by atoms with Gasteiger partial charge in [0.1, 0.15) is 18.1 Å². The van der Waals surface area contributed by atoms with Crippen molar-refractivity contribution in [1.82, 2.24) is 9.88 Å². The summed E-state index contributed by atoms with van der Waals surface area (Å²) in [5.41, 5.74) is 4.20. The van der Waals surface area contributed by atoms with Gasteiger partial charge >= 0.3 is 0 Å². The molecule has 5 nitrogen and oxygen atoms in total. The lowest BCUT2D eigenvalue weighted by Crippen LogP contribution is -2.35. The molecule has 34 heavy (non-hydrogen) atoms. The van der Waals surface area contributed by atoms with Crippen molar-refractivity contribution in [1.29, 1.82) is 0 Å². The lowest BCUT2D eigenvalue weighted by Gasteiger charge is -2.30. The van der Waals surface area contributed by atoms with Crippen LogP contribution in [0.4, 0.5) is 0 Å². The smallest absolute Gasteiger partial charge is 0.128 e. The van der Waals surface area contributed by atoms with Crippen LogP contribution in [0.2, 0.25) is 5.02 Å². The number of likely N-dealkylation sites (tertiary alicyclic amines) is 1. The lowest BCUT2D eigenvalue weighted by atomic mass is 9.99. The van der Waals surface area contributed by atoms with Gasteiger partial charge in [0.2, 0.25) is 0 Å². The maximum Gasteiger partial charge on any atom is 0.128 e. The van der Waals surface area contributed by atoms with Crippen molar-refractivity contribution in [3.63, 3.8) is 0 Å². The molecule has 1 fully saturated rings. The van der Waals surface area contributed by atoms with Crippen LogP contribution in [0.5, 0.6) is 5.75 Å². The fraction of sp³-hybridized carbons (Fsp3) is 0.286. The molecule has 2 heterocycles. The van der Waals surface area contributed by atoms with Crippen LogP contribution in [-0.4, -0.2) is 47.5 Å². The van der Waals surface area contributed by atoms with Gasteiger partial charge in [-0.3, -0.25) is 4.90 Å². The van der Waals surface area contributed by atoms with Crippen LogP contribution >= 0.6 is 11.6 Å². The average Bonchev–Trinajstić information content (AvgIpc) is 2.86. The number of ether oxygens (including phenoxy) is 1. The normalized spacial score (nSPS) is 14.6. The van der Waals surface area contributed by atoms with E-state index in [0.717, 1.165) is 42.2 Å². The van der Waals surface area contributed by atoms with Crippen LogP contribution in [0.3, 0.4) is 0 Å². The Labute approximate surface area is 206 Å². The molecule has 0 unspecified atom stereocenters. The Bertz CT molecular complexity index is 1170. The molecule has 0 aliphatic carbocycles. The second kappa shape index (κ2) is 11.7. The maximum atomic E-state index is 9.08. The molecule has 0 spiro atoms. The quantitative estimate of drug-likeness (QED) is 0.215. The number of halogens is 1. The van der Waals surface area contributed by atoms with Crippen molar-refractivity contribution in [2.45, 2.75) is 19.8 Å². The highest BCUT2D eigenvalue weighted by molar-refractivity contribution is 6.30. The van der Waals surface area contributed by atoms with E-state index in [0.29, 0.717) is 28.6 Å². The van der Waals surface area contributed by atoms with Crippen LogP contribution < -0.4 is 4.74 Å². The highest BCUT2D eigenvalue weighted by Crippen LogP contribution is 2.22. The van der Waals surface area contributed by atoms with E-state index < -0.39 is 0 Å². The minimum absolute atomic E-state index is 0.593. The van der Waals surface area contributed by atoms with Crippen molar-refractivity contribution >= 4 is 17.8 Å². The van der Waals surface area contributed by atoms with E-state index in [1.54, 1.807) is 6.20 Å². The monoisotopic (exact) mass is 473 g/mol. The maximum absolute atomic E-state index is 9.08. The van der Waals surface area contributed by atoms with Gasteiger partial charge < -0.3 is 9.94 Å². The fourth-order valence-corrected chi connectivity index (χ4v) is 4.03. The van der Waals surface area contributed by atoms with E-state index in [1.165, 1.54) is 19.1 Å². The summed E-state index contributed by atoms with van der Waals surface area (Å²) in [6.07, 6.45) is 5.67. The lowest BCUT2D eigenvalue weighted by molar-refractivity contribution is 0.160. The van der Waals surface area contributed by atoms with Gasteiger partial charge in [-0.2, -0.15) is 0 Å². The van der Waals surface area contributed by atoms with Gasteiger partial charge in [-0.25, -0.2) is 4.98 Å². The molecule has 0 saturated carbocycles. The average molecular weight is 474 g/mol. The van der Waals surface area contributed by atoms with Crippen molar-refractivity contribution in [2.75, 3.05) is 26.2 Å². The first kappa shape index (κ1) is 23.8. The Morgan fingerprint density at radius 1 is 1.09 bits per heavy atom. The highest BCUT2D eigenvalue weighted by atomic mass is 35.5. The number of piperidine rings is 1. The van der Waals surface area contributed by atoms with Gasteiger partial charge in [-0.15, -0.1) is 0 Å². The third-order valence-electron chi connectivity index (χ3n) is 6.02. The largest absolute Gasteiger partial charge is 0.492 e. The fourth-order valence-electron chi connectivity index (χ4n) is 3.91. The molecule has 4 rings (SSSR count). The first-order valence-electron chi connectivity index (χ1n) is 11.5. The first-order valence-corrected chi connectivity index (χ1v) is 11.9. The van der Waals surface area contributed by atoms with Gasteiger partial charge in [0, 0.05) is 34.5 Å². The van der Waals surface area contributed by atoms with Crippen LogP contribution in [0.1, 0.15) is 36.6 Å². The SMILES string of the molecule is CC1CCN(CCOc2ccc(C#Cc3ccc(-c4ccc(Cl)cc4)cn3)cc2/C=N/O)CC1. The number of benzene rings is 2. The number of hydrogen-bond donors (Lipinski definition) is 1. The van der Waals surface area contributed by atoms with E-state index in [2.05, 4.69) is 33.8 Å². The molecule has 3 aromatic rings. The number of oxime groups is 1. The van der Waals surface area contributed by atoms with E-state index in [9.17, 15) is 0 Å². The number of pyridine rings is 1. The van der Waals surface area contributed by atoms with Gasteiger partial charge in [0.25, 0.3) is 0 Å². The summed E-state index contributed by atoms with van der Waals surface area (Å²) in [6.45, 7) is 6.04. The summed E-state index contributed by atoms with van der Waals surface area (Å²) < 4.78 is 5.99. The van der Waals surface area contributed by atoms with Crippen molar-refractivity contribution in [3.8, 4) is 28.7 Å². The zero-order valence-electron chi connectivity index (χ0n) is 19.2. The summed E-state index contributed by atoms with van der Waals surface area (Å²) in [5.74, 6) is 7.71. The molecule has 6 heteroatoms. The molecule has 1 N–H and O–H groups in total. The molecule has 2 aromatic carbocycles. The van der Waals surface area contributed by atoms with Crippen LogP contribution in [0.25, 0.3) is 11.1 Å². The Kier molecular flexibility index (Phi) is 8.19. The number of rotatable bonds is 6. The molecule has 0 atom stereocenters. The Morgan fingerprint density at radius 3 is 2.56 bits per heavy atom. The van der Waals surface area contributed by atoms with Gasteiger partial charge in [0.05, 0.1) is 6.21 Å². The topological polar surface area (TPSA) is 58.0 Å². The number of hydrogen-bond acceptors (Lipinski definition) is 5. The molecule has 174 valence electrons. The molecular formula is C28H28ClN3O2. The third-order valence-corrected chi connectivity index (χ3v) is 6.28. The second-order valence-electron chi connectivity index (χ2n) is 8.56. The third kappa shape index (κ3) is 6.60. The second-order valence-corrected chi connectivity index (χ2v) is 9.00. The first-order chi connectivity index (χ1) is 16.6. The van der Waals surface area contributed by atoms with Crippen molar-refractivity contribution in [3.05, 3.63) is 82.6 Å². The van der Waals surface area contributed by atoms with E-state index in [4.69, 9.17) is 21.5 Å². The molecular weight excluding hydrogens is 446 g/mol. The summed E-state index contributed by atoms with van der Waals surface area (Å²) >= 11 is 5.96. The molecule has 1 saturated heterocycles. The van der Waals surface area contributed by atoms with Crippen molar-refractivity contribution in [2.24, 2.45) is 11.1 Å². The molecule has 0 bridgehead atoms. The van der Waals surface area contributed by atoms with Gasteiger partial charge in [-0.1, -0.05) is 47.8 Å². The van der Waals surface area contributed by atoms with Crippen LogP contribution in [0.15, 0.2) is 65.9 Å². The highest BCUT2D eigenvalue weighted by Gasteiger charge is 2.15. The summed E-state index contributed by atoms with van der Waals surface area (Å²) in [7, 11) is 0. The minimum Gasteiger partial charge on any atom is -0.492 e. The van der Waals surface area contributed by atoms with Crippen LogP contribution in [0, 0.1) is 17.8 Å². The zero-order valence-corrected chi connectivity index (χ0v) is 20.0. The number of nitrogens with zero attached hydrogens (tertiary/aromatic N) is 3. The summed E-state index contributed by atoms with van der Waals surface area (Å²) in [6, 6.07) is 17.2. The summed E-state index contributed by atoms with van der Waals surface area (Å²) in [5, 5.41) is 13.0. The van der Waals surface area contributed by atoms with E-state index in [1.807, 2.05) is 54.6 Å². The van der Waals surface area contributed by atoms with Crippen LogP contribution in [-0.2, 0) is 0 Å². The van der Waals surface area contributed by atoms with E-state index >= 15 is 0 Å². The zero-order chi connectivity index (χ0) is 23.8. The Balaban J connectivity index is 1.40. The van der Waals surface area contributed by atoms with E-state index in [-0.39, 0.29) is 0 Å². The minimum atomic E-state index is 0.593. The predicted molar refractivity (Wildman–Crippen MR) is 137 cm³/mol. The number of aromatic nitrogens is 1. The summed E-state index contributed by atoms with van der Waals surface area (Å²) in [4.78, 5) is 6.89. The molecule has 0 amide bonds. The Morgan fingerprint density at radius 2 is 1.85 bits per heavy atom. The van der Waals surface area contributed by atoms with Gasteiger partial charge in [0.15, 0.2) is 0 Å². The standard InChI is InChI=1S/C28H28ClN3O2/c1-21-12-14-32(15-13-21)16-17-34-28-11-3-22(18-25(28)20-31-33)2-9-27-10-6-24(19-30-27)23-4-7-26(29)8-5-23/h3-8,10-11,18-21,33H,12-17H2,1H3/b31-20+.